The molecule has 2 nitrogen and oxygen atoms in total. The van der Waals surface area contributed by atoms with E-state index in [9.17, 15) is 18.0 Å². The van der Waals surface area contributed by atoms with Gasteiger partial charge < -0.3 is 4.74 Å². The Kier molecular flexibility index (Phi) is 4.30. The third kappa shape index (κ3) is 3.36. The number of carbonyl (C=O) groups excluding carboxylic acids is 1. The summed E-state index contributed by atoms with van der Waals surface area (Å²) >= 11 is 2.86. The monoisotopic (exact) mass is 336 g/mol. The largest absolute Gasteiger partial charge is 0.417 e. The lowest BCUT2D eigenvalue weighted by Gasteiger charge is -2.21. The SMILES string of the molecule is O=C(c1ccc(Br)c(C(F)(F)F)c1)C1CCCOC1. The normalized spacial score (nSPS) is 20.3. The lowest BCUT2D eigenvalue weighted by Crippen LogP contribution is -2.25. The number of halogens is 4. The number of hydrogen-bond donors (Lipinski definition) is 0. The maximum absolute atomic E-state index is 12.8. The zero-order valence-corrected chi connectivity index (χ0v) is 11.6. The van der Waals surface area contributed by atoms with E-state index in [1.165, 1.54) is 12.1 Å². The maximum atomic E-state index is 12.8. The molecule has 1 atom stereocenters. The topological polar surface area (TPSA) is 26.3 Å². The highest BCUT2D eigenvalue weighted by atomic mass is 79.9. The Hall–Kier alpha value is -0.880. The molecule has 1 aliphatic heterocycles. The number of alkyl halides is 3. The fourth-order valence-corrected chi connectivity index (χ4v) is 2.55. The molecule has 1 fully saturated rings. The summed E-state index contributed by atoms with van der Waals surface area (Å²) in [6.07, 6.45) is -3.05. The summed E-state index contributed by atoms with van der Waals surface area (Å²) in [6, 6.07) is 3.58. The molecule has 0 aliphatic carbocycles. The molecule has 1 aromatic carbocycles. The summed E-state index contributed by atoms with van der Waals surface area (Å²) in [5, 5.41) is 0. The molecule has 0 radical (unpaired) electrons. The highest BCUT2D eigenvalue weighted by Gasteiger charge is 2.34. The zero-order valence-electron chi connectivity index (χ0n) is 9.97. The summed E-state index contributed by atoms with van der Waals surface area (Å²) < 4.78 is 43.4. The van der Waals surface area contributed by atoms with Gasteiger partial charge in [0.15, 0.2) is 5.78 Å². The highest BCUT2D eigenvalue weighted by molar-refractivity contribution is 9.10. The second-order valence-electron chi connectivity index (χ2n) is 4.47. The third-order valence-electron chi connectivity index (χ3n) is 3.09. The Labute approximate surface area is 117 Å². The summed E-state index contributed by atoms with van der Waals surface area (Å²) in [5.41, 5.74) is -0.735. The minimum Gasteiger partial charge on any atom is -0.381 e. The average Bonchev–Trinajstić information content (AvgIpc) is 2.38. The summed E-state index contributed by atoms with van der Waals surface area (Å²) in [6.45, 7) is 0.897. The first-order valence-electron chi connectivity index (χ1n) is 5.88. The number of Topliss-reactive ketones (excluding diaryl/α,β-unsaturated/α-hetero) is 1. The van der Waals surface area contributed by atoms with Gasteiger partial charge in [0.05, 0.1) is 12.2 Å². The van der Waals surface area contributed by atoms with Crippen molar-refractivity contribution in [3.8, 4) is 0 Å². The maximum Gasteiger partial charge on any atom is 0.417 e. The fourth-order valence-electron chi connectivity index (χ4n) is 2.08. The lowest BCUT2D eigenvalue weighted by atomic mass is 9.92. The van der Waals surface area contributed by atoms with E-state index >= 15 is 0 Å². The predicted octanol–water partition coefficient (Wildman–Crippen LogP) is 4.08. The van der Waals surface area contributed by atoms with Crippen molar-refractivity contribution in [3.05, 3.63) is 33.8 Å². The van der Waals surface area contributed by atoms with E-state index in [2.05, 4.69) is 15.9 Å². The number of rotatable bonds is 2. The summed E-state index contributed by atoms with van der Waals surface area (Å²) in [7, 11) is 0. The van der Waals surface area contributed by atoms with Gasteiger partial charge in [0, 0.05) is 22.6 Å². The molecule has 2 rings (SSSR count). The molecular weight excluding hydrogens is 325 g/mol. The van der Waals surface area contributed by atoms with Crippen LogP contribution < -0.4 is 0 Å². The molecule has 0 saturated carbocycles. The molecule has 0 amide bonds. The molecule has 1 heterocycles. The minimum absolute atomic E-state index is 0.0588. The van der Waals surface area contributed by atoms with Crippen LogP contribution in [0, 0.1) is 5.92 Å². The average molecular weight is 337 g/mol. The van der Waals surface area contributed by atoms with Gasteiger partial charge in [-0.15, -0.1) is 0 Å². The van der Waals surface area contributed by atoms with Crippen LogP contribution in [0.1, 0.15) is 28.8 Å². The van der Waals surface area contributed by atoms with Gasteiger partial charge in [0.25, 0.3) is 0 Å². The van der Waals surface area contributed by atoms with E-state index < -0.39 is 11.7 Å². The van der Waals surface area contributed by atoms with Crippen LogP contribution in [0.4, 0.5) is 13.2 Å². The molecule has 1 aromatic rings. The van der Waals surface area contributed by atoms with Gasteiger partial charge in [0.2, 0.25) is 0 Å². The van der Waals surface area contributed by atoms with Gasteiger partial charge in [-0.2, -0.15) is 13.2 Å². The smallest absolute Gasteiger partial charge is 0.381 e. The third-order valence-corrected chi connectivity index (χ3v) is 3.78. The second kappa shape index (κ2) is 5.63. The molecule has 1 unspecified atom stereocenters. The van der Waals surface area contributed by atoms with Crippen molar-refractivity contribution in [2.45, 2.75) is 19.0 Å². The van der Waals surface area contributed by atoms with Crippen molar-refractivity contribution in [2.75, 3.05) is 13.2 Å². The van der Waals surface area contributed by atoms with Crippen LogP contribution in [-0.4, -0.2) is 19.0 Å². The van der Waals surface area contributed by atoms with E-state index in [0.717, 1.165) is 12.5 Å². The molecule has 0 N–H and O–H groups in total. The second-order valence-corrected chi connectivity index (χ2v) is 5.33. The van der Waals surface area contributed by atoms with E-state index in [-0.39, 0.29) is 28.3 Å². The summed E-state index contributed by atoms with van der Waals surface area (Å²) in [4.78, 5) is 12.1. The molecule has 0 aromatic heterocycles. The number of ether oxygens (including phenoxy) is 1. The van der Waals surface area contributed by atoms with Crippen LogP contribution in [0.2, 0.25) is 0 Å². The van der Waals surface area contributed by atoms with Gasteiger partial charge >= 0.3 is 6.18 Å². The van der Waals surface area contributed by atoms with E-state index in [4.69, 9.17) is 4.74 Å². The first kappa shape index (κ1) is 14.5. The van der Waals surface area contributed by atoms with Crippen LogP contribution in [0.15, 0.2) is 22.7 Å². The molecule has 1 saturated heterocycles. The van der Waals surface area contributed by atoms with Crippen LogP contribution in [-0.2, 0) is 10.9 Å². The van der Waals surface area contributed by atoms with Gasteiger partial charge in [0.1, 0.15) is 0 Å². The van der Waals surface area contributed by atoms with Crippen LogP contribution >= 0.6 is 15.9 Å². The zero-order chi connectivity index (χ0) is 14.0. The first-order valence-corrected chi connectivity index (χ1v) is 6.67. The number of carbonyl (C=O) groups is 1. The molecule has 0 bridgehead atoms. The molecule has 6 heteroatoms. The van der Waals surface area contributed by atoms with Crippen molar-refractivity contribution >= 4 is 21.7 Å². The highest BCUT2D eigenvalue weighted by Crippen LogP contribution is 2.36. The minimum atomic E-state index is -4.47. The molecular formula is C13H12BrF3O2. The van der Waals surface area contributed by atoms with Crippen molar-refractivity contribution in [3.63, 3.8) is 0 Å². The van der Waals surface area contributed by atoms with Crippen LogP contribution in [0.25, 0.3) is 0 Å². The standard InChI is InChI=1S/C13H12BrF3O2/c14-11-4-3-8(6-10(11)13(15,16)17)12(18)9-2-1-5-19-7-9/h3-4,6,9H,1-2,5,7H2. The fraction of sp³-hybridized carbons (Fsp3) is 0.462. The van der Waals surface area contributed by atoms with E-state index in [1.54, 1.807) is 0 Å². The van der Waals surface area contributed by atoms with Gasteiger partial charge in [-0.1, -0.05) is 22.0 Å². The Balaban J connectivity index is 2.27. The van der Waals surface area contributed by atoms with Crippen molar-refractivity contribution < 1.29 is 22.7 Å². The molecule has 1 aliphatic rings. The number of benzene rings is 1. The lowest BCUT2D eigenvalue weighted by molar-refractivity contribution is -0.138. The van der Waals surface area contributed by atoms with Gasteiger partial charge in [-0.25, -0.2) is 0 Å². The Morgan fingerprint density at radius 3 is 2.68 bits per heavy atom. The van der Waals surface area contributed by atoms with Crippen LogP contribution in [0.3, 0.4) is 0 Å². The van der Waals surface area contributed by atoms with Crippen molar-refractivity contribution in [1.82, 2.24) is 0 Å². The molecule has 0 spiro atoms. The van der Waals surface area contributed by atoms with Crippen molar-refractivity contribution in [1.29, 1.82) is 0 Å². The number of ketones is 1. The van der Waals surface area contributed by atoms with Crippen molar-refractivity contribution in [2.24, 2.45) is 5.92 Å². The summed E-state index contributed by atoms with van der Waals surface area (Å²) in [5.74, 6) is -0.617. The van der Waals surface area contributed by atoms with Gasteiger partial charge in [-0.3, -0.25) is 4.79 Å². The first-order chi connectivity index (χ1) is 8.89. The van der Waals surface area contributed by atoms with Gasteiger partial charge in [-0.05, 0) is 25.0 Å². The predicted molar refractivity (Wildman–Crippen MR) is 67.0 cm³/mol. The molecule has 104 valence electrons. The Morgan fingerprint density at radius 1 is 1.37 bits per heavy atom. The Bertz CT molecular complexity index is 479. The number of hydrogen-bond acceptors (Lipinski definition) is 2. The van der Waals surface area contributed by atoms with E-state index in [1.807, 2.05) is 0 Å². The van der Waals surface area contributed by atoms with Crippen LogP contribution in [0.5, 0.6) is 0 Å². The molecule has 19 heavy (non-hydrogen) atoms. The quantitative estimate of drug-likeness (QED) is 0.761. The Morgan fingerprint density at radius 2 is 2.11 bits per heavy atom. The van der Waals surface area contributed by atoms with E-state index in [0.29, 0.717) is 13.0 Å².